The minimum Gasteiger partial charge on any atom is -0.508 e. The Morgan fingerprint density at radius 1 is 0.963 bits per heavy atom. The molecule has 4 amide bonds. The van der Waals surface area contributed by atoms with Crippen LogP contribution in [-0.2, 0) is 27.3 Å². The fourth-order valence-electron chi connectivity index (χ4n) is 5.86. The van der Waals surface area contributed by atoms with E-state index in [4.69, 9.17) is 4.74 Å². The van der Waals surface area contributed by atoms with Gasteiger partial charge in [0.25, 0.3) is 11.8 Å². The Morgan fingerprint density at radius 2 is 1.70 bits per heavy atom. The number of hydrogen-bond donors (Lipinski definition) is 4. The standard InChI is InChI=1S/C41H35N5O6S2/c1-25(47)46-19-18-32-33(23-42)41(54-36(32)24-46)45-40(51)37(26-10-5-3-6-11-26)53-31-15-9-14-29(21-31)43-39(50)34(44-38(49)27-12-7-4-8-13-27)20-28-16-17-30(48)22-35(28)52-2/h3-17,20-22,37,48H,18-19,24H2,1-2H3,(H,43,50)(H,44,49)(H,45,51)/b34-20+. The number of methoxy groups -OCH3 is 1. The van der Waals surface area contributed by atoms with Gasteiger partial charge in [-0.2, -0.15) is 5.26 Å². The lowest BCUT2D eigenvalue weighted by Gasteiger charge is -2.25. The SMILES string of the molecule is COc1cc(O)ccc1/C=C(/NC(=O)c1ccccc1)C(=O)Nc1cccc(SC(C(=O)Nc2sc3c(c2C#N)CCN(C(C)=O)C3)c2ccccc2)c1. The van der Waals surface area contributed by atoms with Gasteiger partial charge in [-0.1, -0.05) is 54.6 Å². The van der Waals surface area contributed by atoms with Crippen LogP contribution in [0.5, 0.6) is 11.5 Å². The van der Waals surface area contributed by atoms with E-state index in [0.29, 0.717) is 57.5 Å². The van der Waals surface area contributed by atoms with Gasteiger partial charge in [0.1, 0.15) is 33.5 Å². The van der Waals surface area contributed by atoms with Crippen molar-refractivity contribution in [3.05, 3.63) is 142 Å². The lowest BCUT2D eigenvalue weighted by molar-refractivity contribution is -0.129. The minimum absolute atomic E-state index is 0.0267. The monoisotopic (exact) mass is 757 g/mol. The summed E-state index contributed by atoms with van der Waals surface area (Å²) in [4.78, 5) is 56.3. The van der Waals surface area contributed by atoms with Crippen LogP contribution in [0.15, 0.2) is 114 Å². The van der Waals surface area contributed by atoms with E-state index in [2.05, 4.69) is 22.0 Å². The number of amides is 4. The fourth-order valence-corrected chi connectivity index (χ4v) is 8.16. The van der Waals surface area contributed by atoms with Crippen LogP contribution in [0.2, 0.25) is 0 Å². The van der Waals surface area contributed by atoms with Crippen LogP contribution < -0.4 is 20.7 Å². The number of thiophene rings is 1. The Bertz CT molecular complexity index is 2280. The van der Waals surface area contributed by atoms with Crippen LogP contribution in [0.4, 0.5) is 10.7 Å². The second-order valence-electron chi connectivity index (χ2n) is 12.2. The van der Waals surface area contributed by atoms with Crippen LogP contribution in [0.3, 0.4) is 0 Å². The minimum atomic E-state index is -0.737. The molecule has 272 valence electrons. The predicted octanol–water partition coefficient (Wildman–Crippen LogP) is 7.12. The average Bonchev–Trinajstić information content (AvgIpc) is 3.53. The molecule has 0 bridgehead atoms. The van der Waals surface area contributed by atoms with Gasteiger partial charge < -0.3 is 30.7 Å². The summed E-state index contributed by atoms with van der Waals surface area (Å²) in [7, 11) is 1.43. The molecule has 11 nitrogen and oxygen atoms in total. The van der Waals surface area contributed by atoms with E-state index in [0.717, 1.165) is 16.0 Å². The molecule has 0 spiro atoms. The summed E-state index contributed by atoms with van der Waals surface area (Å²) < 4.78 is 5.39. The van der Waals surface area contributed by atoms with E-state index < -0.39 is 17.1 Å². The van der Waals surface area contributed by atoms with Gasteiger partial charge in [-0.15, -0.1) is 23.1 Å². The number of benzene rings is 4. The molecule has 1 aliphatic rings. The van der Waals surface area contributed by atoms with E-state index in [-0.39, 0.29) is 23.3 Å². The lowest BCUT2D eigenvalue weighted by Crippen LogP contribution is -2.33. The summed E-state index contributed by atoms with van der Waals surface area (Å²) in [6.45, 7) is 2.42. The number of nitrogens with zero attached hydrogens (tertiary/aromatic N) is 2. The fraction of sp³-hybridized carbons (Fsp3) is 0.146. The van der Waals surface area contributed by atoms with Gasteiger partial charge in [0.15, 0.2) is 0 Å². The molecule has 54 heavy (non-hydrogen) atoms. The van der Waals surface area contributed by atoms with Gasteiger partial charge in [-0.05, 0) is 66.1 Å². The quantitative estimate of drug-likeness (QED) is 0.0819. The maximum Gasteiger partial charge on any atom is 0.272 e. The highest BCUT2D eigenvalue weighted by Gasteiger charge is 2.29. The van der Waals surface area contributed by atoms with E-state index in [1.807, 2.05) is 36.4 Å². The normalized spacial score (nSPS) is 12.8. The molecule has 4 N–H and O–H groups in total. The average molecular weight is 758 g/mol. The number of phenols is 1. The zero-order valence-corrected chi connectivity index (χ0v) is 30.9. The summed E-state index contributed by atoms with van der Waals surface area (Å²) >= 11 is 2.58. The number of carbonyl (C=O) groups excluding carboxylic acids is 4. The first-order valence-electron chi connectivity index (χ1n) is 16.8. The number of carbonyl (C=O) groups is 4. The molecule has 1 unspecified atom stereocenters. The first-order chi connectivity index (χ1) is 26.1. The highest BCUT2D eigenvalue weighted by atomic mass is 32.2. The van der Waals surface area contributed by atoms with Crippen LogP contribution in [0, 0.1) is 11.3 Å². The van der Waals surface area contributed by atoms with Crippen molar-refractivity contribution in [3.8, 4) is 17.6 Å². The molecule has 6 rings (SSSR count). The molecule has 0 radical (unpaired) electrons. The summed E-state index contributed by atoms with van der Waals surface area (Å²) in [5.41, 5.74) is 3.13. The van der Waals surface area contributed by atoms with Crippen LogP contribution in [0.1, 0.15) is 49.7 Å². The van der Waals surface area contributed by atoms with Crippen molar-refractivity contribution in [1.29, 1.82) is 5.26 Å². The number of hydrogen-bond acceptors (Lipinski definition) is 9. The molecule has 5 aromatic rings. The summed E-state index contributed by atoms with van der Waals surface area (Å²) in [5.74, 6) is -1.24. The topological polar surface area (TPSA) is 161 Å². The number of rotatable bonds is 11. The molecule has 1 aromatic heterocycles. The first-order valence-corrected chi connectivity index (χ1v) is 18.5. The maximum absolute atomic E-state index is 14.0. The smallest absolute Gasteiger partial charge is 0.272 e. The third-order valence-corrected chi connectivity index (χ3v) is 11.0. The van der Waals surface area contributed by atoms with E-state index in [9.17, 15) is 29.5 Å². The van der Waals surface area contributed by atoms with E-state index in [1.54, 1.807) is 59.5 Å². The van der Waals surface area contributed by atoms with Gasteiger partial charge in [0.2, 0.25) is 11.8 Å². The second-order valence-corrected chi connectivity index (χ2v) is 14.5. The molecular formula is C41H35N5O6S2. The van der Waals surface area contributed by atoms with Crippen molar-refractivity contribution < 1.29 is 29.0 Å². The molecule has 0 fully saturated rings. The molecular weight excluding hydrogens is 723 g/mol. The third-order valence-electron chi connectivity index (χ3n) is 8.58. The largest absolute Gasteiger partial charge is 0.508 e. The number of fused-ring (bicyclic) bond motifs is 1. The number of aromatic hydroxyl groups is 1. The number of nitriles is 1. The van der Waals surface area contributed by atoms with Crippen molar-refractivity contribution in [2.75, 3.05) is 24.3 Å². The highest BCUT2D eigenvalue weighted by molar-refractivity contribution is 8.00. The predicted molar refractivity (Wildman–Crippen MR) is 209 cm³/mol. The van der Waals surface area contributed by atoms with Crippen molar-refractivity contribution >= 4 is 63.5 Å². The van der Waals surface area contributed by atoms with Gasteiger partial charge >= 0.3 is 0 Å². The molecule has 2 heterocycles. The number of anilines is 2. The molecule has 13 heteroatoms. The summed E-state index contributed by atoms with van der Waals surface area (Å²) in [5, 5.41) is 28.3. The molecule has 1 atom stereocenters. The third kappa shape index (κ3) is 8.80. The van der Waals surface area contributed by atoms with Crippen molar-refractivity contribution in [2.45, 2.75) is 30.0 Å². The molecule has 0 saturated carbocycles. The molecule has 0 aliphatic carbocycles. The number of ether oxygens (including phenoxy) is 1. The summed E-state index contributed by atoms with van der Waals surface area (Å²) in [6, 6.07) is 31.3. The van der Waals surface area contributed by atoms with Crippen molar-refractivity contribution in [2.24, 2.45) is 0 Å². The summed E-state index contributed by atoms with van der Waals surface area (Å²) in [6.07, 6.45) is 1.99. The van der Waals surface area contributed by atoms with Crippen LogP contribution >= 0.6 is 23.1 Å². The van der Waals surface area contributed by atoms with Gasteiger partial charge in [-0.3, -0.25) is 19.2 Å². The Morgan fingerprint density at radius 3 is 2.41 bits per heavy atom. The highest BCUT2D eigenvalue weighted by Crippen LogP contribution is 2.41. The second kappa shape index (κ2) is 17.0. The first kappa shape index (κ1) is 37.4. The molecule has 0 saturated heterocycles. The maximum atomic E-state index is 14.0. The van der Waals surface area contributed by atoms with Gasteiger partial charge in [0.05, 0.1) is 19.2 Å². The van der Waals surface area contributed by atoms with Crippen LogP contribution in [0.25, 0.3) is 6.08 Å². The van der Waals surface area contributed by atoms with Crippen molar-refractivity contribution in [3.63, 3.8) is 0 Å². The Kier molecular flexibility index (Phi) is 11.8. The Balaban J connectivity index is 1.25. The molecule has 1 aliphatic heterocycles. The Labute approximate surface area is 320 Å². The zero-order chi connectivity index (χ0) is 38.2. The van der Waals surface area contributed by atoms with Crippen LogP contribution in [-0.4, -0.2) is 47.3 Å². The number of nitrogens with one attached hydrogen (secondary N) is 3. The number of thioether (sulfide) groups is 1. The zero-order valence-electron chi connectivity index (χ0n) is 29.3. The van der Waals surface area contributed by atoms with E-state index >= 15 is 0 Å². The van der Waals surface area contributed by atoms with Gasteiger partial charge in [0, 0.05) is 46.1 Å². The number of phenolic OH excluding ortho intramolecular Hbond substituents is 1. The van der Waals surface area contributed by atoms with Crippen molar-refractivity contribution in [1.82, 2.24) is 10.2 Å². The lowest BCUT2D eigenvalue weighted by atomic mass is 10.0. The van der Waals surface area contributed by atoms with E-state index in [1.165, 1.54) is 55.3 Å². The Hall–Kier alpha value is -6.36. The molecule has 4 aromatic carbocycles. The van der Waals surface area contributed by atoms with Gasteiger partial charge in [-0.25, -0.2) is 0 Å².